The Labute approximate surface area is 162 Å². The highest BCUT2D eigenvalue weighted by molar-refractivity contribution is 8.00. The van der Waals surface area contributed by atoms with Crippen LogP contribution in [0.4, 0.5) is 0 Å². The molecule has 26 heavy (non-hydrogen) atoms. The first-order valence-corrected chi connectivity index (χ1v) is 10.1. The molecule has 8 heteroatoms. The van der Waals surface area contributed by atoms with Gasteiger partial charge in [-0.1, -0.05) is 42.6 Å². The third-order valence-electron chi connectivity index (χ3n) is 4.30. The number of aromatic amines is 1. The summed E-state index contributed by atoms with van der Waals surface area (Å²) in [5, 5.41) is 11.1. The summed E-state index contributed by atoms with van der Waals surface area (Å²) in [6, 6.07) is 7.45. The largest absolute Gasteiger partial charge is 0.486 e. The molecule has 0 bridgehead atoms. The molecule has 1 aromatic heterocycles. The van der Waals surface area contributed by atoms with Gasteiger partial charge in [-0.2, -0.15) is 0 Å². The van der Waals surface area contributed by atoms with E-state index in [1.165, 1.54) is 31.0 Å². The maximum Gasteiger partial charge on any atom is 0.233 e. The molecule has 1 fully saturated rings. The van der Waals surface area contributed by atoms with Crippen molar-refractivity contribution in [3.63, 3.8) is 0 Å². The molecular weight excluding hydrogens is 372 g/mol. The Kier molecular flexibility index (Phi) is 6.80. The van der Waals surface area contributed by atoms with Crippen LogP contribution in [0.3, 0.4) is 0 Å². The van der Waals surface area contributed by atoms with Crippen molar-refractivity contribution in [2.75, 3.05) is 0 Å². The van der Waals surface area contributed by atoms with E-state index >= 15 is 0 Å². The Morgan fingerprint density at radius 3 is 2.81 bits per heavy atom. The highest BCUT2D eigenvalue weighted by Crippen LogP contribution is 2.22. The lowest BCUT2D eigenvalue weighted by molar-refractivity contribution is -0.121. The summed E-state index contributed by atoms with van der Waals surface area (Å²) in [5.74, 6) is 1.37. The fourth-order valence-corrected chi connectivity index (χ4v) is 3.73. The van der Waals surface area contributed by atoms with E-state index in [2.05, 4.69) is 20.5 Å². The predicted octanol–water partition coefficient (Wildman–Crippen LogP) is 3.97. The molecule has 2 N–H and O–H groups in total. The van der Waals surface area contributed by atoms with Crippen LogP contribution in [0.5, 0.6) is 5.75 Å². The van der Waals surface area contributed by atoms with Gasteiger partial charge in [0.25, 0.3) is 0 Å². The minimum atomic E-state index is -0.238. The molecule has 2 aromatic rings. The number of hydrogen-bond donors (Lipinski definition) is 2. The van der Waals surface area contributed by atoms with E-state index < -0.39 is 0 Å². The molecule has 3 rings (SSSR count). The lowest BCUT2D eigenvalue weighted by atomic mass is 9.95. The number of thioether (sulfide) groups is 1. The highest BCUT2D eigenvalue weighted by atomic mass is 35.5. The molecule has 140 valence electrons. The zero-order valence-electron chi connectivity index (χ0n) is 14.7. The number of ether oxygens (including phenoxy) is 1. The number of amides is 1. The summed E-state index contributed by atoms with van der Waals surface area (Å²) in [5.41, 5.74) is 0. The fourth-order valence-electron chi connectivity index (χ4n) is 2.85. The van der Waals surface area contributed by atoms with Crippen molar-refractivity contribution < 1.29 is 9.53 Å². The standard InChI is InChI=1S/C18H23ClN4O2S/c1-12(17(24)20-14-5-3-2-4-6-14)26-18-21-16(22-23-18)11-25-15-9-7-13(19)8-10-15/h7-10,12,14H,2-6,11H2,1H3,(H,20,24)(H,21,22,23). The number of hydrogen-bond acceptors (Lipinski definition) is 5. The lowest BCUT2D eigenvalue weighted by Crippen LogP contribution is -2.40. The molecule has 1 aliphatic rings. The van der Waals surface area contributed by atoms with Gasteiger partial charge in [0, 0.05) is 11.1 Å². The fraction of sp³-hybridized carbons (Fsp3) is 0.500. The van der Waals surface area contributed by atoms with E-state index in [4.69, 9.17) is 16.3 Å². The van der Waals surface area contributed by atoms with Gasteiger partial charge in [0.1, 0.15) is 12.4 Å². The van der Waals surface area contributed by atoms with Gasteiger partial charge in [-0.15, -0.1) is 5.10 Å². The summed E-state index contributed by atoms with van der Waals surface area (Å²) in [6.07, 6.45) is 5.83. The smallest absolute Gasteiger partial charge is 0.233 e. The Morgan fingerprint density at radius 2 is 2.08 bits per heavy atom. The average molecular weight is 395 g/mol. The van der Waals surface area contributed by atoms with E-state index in [-0.39, 0.29) is 17.8 Å². The number of benzene rings is 1. The van der Waals surface area contributed by atoms with Gasteiger partial charge < -0.3 is 10.1 Å². The van der Waals surface area contributed by atoms with Crippen molar-refractivity contribution in [3.8, 4) is 5.75 Å². The zero-order valence-corrected chi connectivity index (χ0v) is 16.3. The minimum absolute atomic E-state index is 0.0469. The average Bonchev–Trinajstić information content (AvgIpc) is 3.09. The number of nitrogens with one attached hydrogen (secondary N) is 2. The van der Waals surface area contributed by atoms with Crippen LogP contribution in [0.1, 0.15) is 44.9 Å². The van der Waals surface area contributed by atoms with E-state index in [1.807, 2.05) is 6.92 Å². The molecule has 0 radical (unpaired) electrons. The Balaban J connectivity index is 1.46. The first kappa shape index (κ1) is 19.0. The van der Waals surface area contributed by atoms with Gasteiger partial charge in [-0.05, 0) is 44.0 Å². The van der Waals surface area contributed by atoms with Crippen molar-refractivity contribution in [1.82, 2.24) is 20.5 Å². The van der Waals surface area contributed by atoms with E-state index in [1.54, 1.807) is 24.3 Å². The number of aromatic nitrogens is 3. The number of halogens is 1. The Hall–Kier alpha value is -1.73. The quantitative estimate of drug-likeness (QED) is 0.694. The molecule has 0 saturated heterocycles. The maximum absolute atomic E-state index is 12.3. The van der Waals surface area contributed by atoms with E-state index in [9.17, 15) is 4.79 Å². The first-order valence-electron chi connectivity index (χ1n) is 8.87. The third-order valence-corrected chi connectivity index (χ3v) is 5.52. The van der Waals surface area contributed by atoms with Gasteiger partial charge in [-0.3, -0.25) is 9.89 Å². The van der Waals surface area contributed by atoms with Crippen LogP contribution in [0.2, 0.25) is 5.02 Å². The van der Waals surface area contributed by atoms with Gasteiger partial charge >= 0.3 is 0 Å². The molecule has 1 atom stereocenters. The minimum Gasteiger partial charge on any atom is -0.486 e. The molecule has 1 aromatic carbocycles. The van der Waals surface area contributed by atoms with Crippen molar-refractivity contribution >= 4 is 29.3 Å². The van der Waals surface area contributed by atoms with Crippen molar-refractivity contribution in [2.45, 2.75) is 62.1 Å². The molecule has 1 heterocycles. The van der Waals surface area contributed by atoms with Crippen LogP contribution < -0.4 is 10.1 Å². The Bertz CT molecular complexity index is 716. The summed E-state index contributed by atoms with van der Waals surface area (Å²) in [4.78, 5) is 16.7. The molecule has 1 amide bonds. The van der Waals surface area contributed by atoms with Crippen molar-refractivity contribution in [2.24, 2.45) is 0 Å². The van der Waals surface area contributed by atoms with Gasteiger partial charge in [0.2, 0.25) is 11.1 Å². The van der Waals surface area contributed by atoms with Crippen LogP contribution in [-0.4, -0.2) is 32.4 Å². The molecule has 1 saturated carbocycles. The summed E-state index contributed by atoms with van der Waals surface area (Å²) < 4.78 is 5.63. The number of nitrogens with zero attached hydrogens (tertiary/aromatic N) is 2. The van der Waals surface area contributed by atoms with Crippen LogP contribution in [-0.2, 0) is 11.4 Å². The van der Waals surface area contributed by atoms with Gasteiger partial charge in [0.15, 0.2) is 5.82 Å². The van der Waals surface area contributed by atoms with Crippen LogP contribution in [0.25, 0.3) is 0 Å². The second-order valence-electron chi connectivity index (χ2n) is 6.41. The molecular formula is C18H23ClN4O2S. The van der Waals surface area contributed by atoms with Crippen molar-refractivity contribution in [1.29, 1.82) is 0 Å². The molecule has 1 aliphatic carbocycles. The number of rotatable bonds is 7. The summed E-state index contributed by atoms with van der Waals surface area (Å²) in [6.45, 7) is 2.15. The first-order chi connectivity index (χ1) is 12.6. The second kappa shape index (κ2) is 9.28. The predicted molar refractivity (Wildman–Crippen MR) is 103 cm³/mol. The molecule has 0 aliphatic heterocycles. The highest BCUT2D eigenvalue weighted by Gasteiger charge is 2.21. The van der Waals surface area contributed by atoms with E-state index in [0.29, 0.717) is 27.8 Å². The number of H-pyrrole nitrogens is 1. The van der Waals surface area contributed by atoms with Gasteiger partial charge in [0.05, 0.1) is 5.25 Å². The monoisotopic (exact) mass is 394 g/mol. The summed E-state index contributed by atoms with van der Waals surface area (Å²) >= 11 is 7.19. The number of carbonyl (C=O) groups excluding carboxylic acids is 1. The van der Waals surface area contributed by atoms with Crippen LogP contribution in [0, 0.1) is 0 Å². The Morgan fingerprint density at radius 1 is 1.35 bits per heavy atom. The van der Waals surface area contributed by atoms with E-state index in [0.717, 1.165) is 12.8 Å². The van der Waals surface area contributed by atoms with Gasteiger partial charge in [-0.25, -0.2) is 4.98 Å². The summed E-state index contributed by atoms with van der Waals surface area (Å²) in [7, 11) is 0. The SMILES string of the molecule is CC(Sc1n[nH]c(COc2ccc(Cl)cc2)n1)C(=O)NC1CCCCC1. The zero-order chi connectivity index (χ0) is 18.4. The van der Waals surface area contributed by atoms with Crippen LogP contribution in [0.15, 0.2) is 29.4 Å². The number of carbonyl (C=O) groups is 1. The van der Waals surface area contributed by atoms with Crippen LogP contribution >= 0.6 is 23.4 Å². The lowest BCUT2D eigenvalue weighted by Gasteiger charge is -2.24. The topological polar surface area (TPSA) is 79.9 Å². The van der Waals surface area contributed by atoms with Crippen molar-refractivity contribution in [3.05, 3.63) is 35.1 Å². The third kappa shape index (κ3) is 5.64. The molecule has 6 nitrogen and oxygen atoms in total. The second-order valence-corrected chi connectivity index (χ2v) is 8.16. The normalized spacial score (nSPS) is 16.2. The maximum atomic E-state index is 12.3. The molecule has 1 unspecified atom stereocenters. The molecule has 0 spiro atoms.